The number of furan rings is 1. The zero-order chi connectivity index (χ0) is 13.1. The highest BCUT2D eigenvalue weighted by Gasteiger charge is 2.29. The van der Waals surface area contributed by atoms with Crippen molar-refractivity contribution in [3.63, 3.8) is 0 Å². The number of hydrazine groups is 1. The standard InChI is InChI=1S/C14H18N4O/c15-17-14-5-1-3-11(16-14)9-18(12-6-7-12)10-13-4-2-8-19-13/h1-5,8,12H,6-7,9-10,15H2,(H,16,17). The molecule has 0 aliphatic heterocycles. The fourth-order valence-electron chi connectivity index (χ4n) is 2.21. The highest BCUT2D eigenvalue weighted by Crippen LogP contribution is 2.29. The summed E-state index contributed by atoms with van der Waals surface area (Å²) >= 11 is 0. The summed E-state index contributed by atoms with van der Waals surface area (Å²) in [6, 6.07) is 10.4. The maximum atomic E-state index is 5.43. The number of aromatic nitrogens is 1. The molecule has 3 N–H and O–H groups in total. The van der Waals surface area contributed by atoms with Crippen LogP contribution >= 0.6 is 0 Å². The van der Waals surface area contributed by atoms with E-state index in [1.165, 1.54) is 12.8 Å². The molecule has 0 amide bonds. The van der Waals surface area contributed by atoms with Gasteiger partial charge >= 0.3 is 0 Å². The Morgan fingerprint density at radius 2 is 2.16 bits per heavy atom. The molecule has 0 radical (unpaired) electrons. The first kappa shape index (κ1) is 12.2. The van der Waals surface area contributed by atoms with Gasteiger partial charge in [0.25, 0.3) is 0 Å². The van der Waals surface area contributed by atoms with Crippen molar-refractivity contribution in [1.82, 2.24) is 9.88 Å². The molecule has 0 bridgehead atoms. The van der Waals surface area contributed by atoms with E-state index in [2.05, 4.69) is 15.3 Å². The number of anilines is 1. The topological polar surface area (TPSA) is 67.3 Å². The minimum Gasteiger partial charge on any atom is -0.468 e. The number of pyridine rings is 1. The van der Waals surface area contributed by atoms with Gasteiger partial charge in [-0.1, -0.05) is 6.07 Å². The van der Waals surface area contributed by atoms with Gasteiger partial charge in [-0.05, 0) is 37.1 Å². The maximum Gasteiger partial charge on any atom is 0.140 e. The SMILES string of the molecule is NNc1cccc(CN(Cc2ccco2)C2CC2)n1. The van der Waals surface area contributed by atoms with Crippen molar-refractivity contribution in [2.45, 2.75) is 32.0 Å². The van der Waals surface area contributed by atoms with Crippen LogP contribution in [0, 0.1) is 0 Å². The molecule has 5 nitrogen and oxygen atoms in total. The third-order valence-electron chi connectivity index (χ3n) is 3.32. The zero-order valence-corrected chi connectivity index (χ0v) is 10.7. The lowest BCUT2D eigenvalue weighted by molar-refractivity contribution is 0.223. The zero-order valence-electron chi connectivity index (χ0n) is 10.7. The van der Waals surface area contributed by atoms with Gasteiger partial charge in [0.15, 0.2) is 0 Å². The molecule has 0 unspecified atom stereocenters. The van der Waals surface area contributed by atoms with E-state index < -0.39 is 0 Å². The van der Waals surface area contributed by atoms with E-state index in [1.54, 1.807) is 6.26 Å². The Hall–Kier alpha value is -1.85. The summed E-state index contributed by atoms with van der Waals surface area (Å²) in [7, 11) is 0. The van der Waals surface area contributed by atoms with Crippen molar-refractivity contribution in [2.75, 3.05) is 5.43 Å². The van der Waals surface area contributed by atoms with Crippen LogP contribution in [-0.2, 0) is 13.1 Å². The summed E-state index contributed by atoms with van der Waals surface area (Å²) in [5.41, 5.74) is 3.61. The number of nitrogens with two attached hydrogens (primary N) is 1. The lowest BCUT2D eigenvalue weighted by Gasteiger charge is -2.20. The minimum absolute atomic E-state index is 0.654. The summed E-state index contributed by atoms with van der Waals surface area (Å²) < 4.78 is 5.43. The van der Waals surface area contributed by atoms with Crippen molar-refractivity contribution in [2.24, 2.45) is 5.84 Å². The third kappa shape index (κ3) is 3.13. The first-order chi connectivity index (χ1) is 9.35. The van der Waals surface area contributed by atoms with E-state index in [1.807, 2.05) is 30.3 Å². The molecule has 1 fully saturated rings. The number of nitrogens with zero attached hydrogens (tertiary/aromatic N) is 2. The highest BCUT2D eigenvalue weighted by atomic mass is 16.3. The van der Waals surface area contributed by atoms with Gasteiger partial charge in [-0.2, -0.15) is 0 Å². The molecule has 5 heteroatoms. The Morgan fingerprint density at radius 3 is 2.84 bits per heavy atom. The Labute approximate surface area is 112 Å². The molecule has 1 saturated carbocycles. The average molecular weight is 258 g/mol. The fourth-order valence-corrected chi connectivity index (χ4v) is 2.21. The lowest BCUT2D eigenvalue weighted by atomic mass is 10.3. The van der Waals surface area contributed by atoms with Gasteiger partial charge < -0.3 is 9.84 Å². The van der Waals surface area contributed by atoms with Gasteiger partial charge in [0.05, 0.1) is 18.5 Å². The van der Waals surface area contributed by atoms with Crippen LogP contribution in [0.3, 0.4) is 0 Å². The second-order valence-corrected chi connectivity index (χ2v) is 4.87. The van der Waals surface area contributed by atoms with Crippen molar-refractivity contribution < 1.29 is 4.42 Å². The predicted molar refractivity (Wildman–Crippen MR) is 73.0 cm³/mol. The molecule has 0 aromatic carbocycles. The number of rotatable bonds is 6. The van der Waals surface area contributed by atoms with E-state index in [0.29, 0.717) is 11.9 Å². The minimum atomic E-state index is 0.654. The largest absolute Gasteiger partial charge is 0.468 e. The average Bonchev–Trinajstić information content (AvgIpc) is 3.17. The third-order valence-corrected chi connectivity index (χ3v) is 3.32. The molecule has 100 valence electrons. The summed E-state index contributed by atoms with van der Waals surface area (Å²) in [5.74, 6) is 7.09. The van der Waals surface area contributed by atoms with Crippen LogP contribution in [-0.4, -0.2) is 15.9 Å². The van der Waals surface area contributed by atoms with E-state index >= 15 is 0 Å². The number of nitrogen functional groups attached to an aromatic ring is 1. The van der Waals surface area contributed by atoms with Gasteiger partial charge in [-0.25, -0.2) is 10.8 Å². The summed E-state index contributed by atoms with van der Waals surface area (Å²) in [5, 5.41) is 0. The first-order valence-corrected chi connectivity index (χ1v) is 6.54. The van der Waals surface area contributed by atoms with Crippen LogP contribution in [0.2, 0.25) is 0 Å². The molecule has 1 aliphatic rings. The van der Waals surface area contributed by atoms with Gasteiger partial charge in [-0.3, -0.25) is 4.90 Å². The predicted octanol–water partition coefficient (Wildman–Crippen LogP) is 2.12. The van der Waals surface area contributed by atoms with E-state index in [4.69, 9.17) is 10.3 Å². The highest BCUT2D eigenvalue weighted by molar-refractivity contribution is 5.33. The fraction of sp³-hybridized carbons (Fsp3) is 0.357. The quantitative estimate of drug-likeness (QED) is 0.613. The Balaban J connectivity index is 1.70. The van der Waals surface area contributed by atoms with Crippen molar-refractivity contribution in [1.29, 1.82) is 0 Å². The normalized spacial score (nSPS) is 14.8. The second kappa shape index (κ2) is 5.42. The number of nitrogens with one attached hydrogen (secondary N) is 1. The van der Waals surface area contributed by atoms with Gasteiger partial charge in [-0.15, -0.1) is 0 Å². The van der Waals surface area contributed by atoms with Crippen molar-refractivity contribution in [3.8, 4) is 0 Å². The first-order valence-electron chi connectivity index (χ1n) is 6.54. The van der Waals surface area contributed by atoms with E-state index in [9.17, 15) is 0 Å². The molecule has 2 aromatic rings. The van der Waals surface area contributed by atoms with Crippen LogP contribution < -0.4 is 11.3 Å². The lowest BCUT2D eigenvalue weighted by Crippen LogP contribution is -2.25. The van der Waals surface area contributed by atoms with Crippen molar-refractivity contribution >= 4 is 5.82 Å². The van der Waals surface area contributed by atoms with Crippen LogP contribution in [0.25, 0.3) is 0 Å². The van der Waals surface area contributed by atoms with Gasteiger partial charge in [0.2, 0.25) is 0 Å². The number of hydrogen-bond acceptors (Lipinski definition) is 5. The molecule has 0 saturated heterocycles. The Morgan fingerprint density at radius 1 is 1.26 bits per heavy atom. The van der Waals surface area contributed by atoms with Crippen LogP contribution in [0.1, 0.15) is 24.3 Å². The van der Waals surface area contributed by atoms with E-state index in [0.717, 1.165) is 24.5 Å². The van der Waals surface area contributed by atoms with Crippen LogP contribution in [0.4, 0.5) is 5.82 Å². The molecular weight excluding hydrogens is 240 g/mol. The Bertz CT molecular complexity index is 522. The monoisotopic (exact) mass is 258 g/mol. The molecule has 2 heterocycles. The molecule has 1 aliphatic carbocycles. The van der Waals surface area contributed by atoms with Crippen LogP contribution in [0.5, 0.6) is 0 Å². The van der Waals surface area contributed by atoms with Gasteiger partial charge in [0.1, 0.15) is 11.6 Å². The molecule has 19 heavy (non-hydrogen) atoms. The molecule has 2 aromatic heterocycles. The van der Waals surface area contributed by atoms with Gasteiger partial charge in [0, 0.05) is 12.6 Å². The summed E-state index contributed by atoms with van der Waals surface area (Å²) in [6.07, 6.45) is 4.24. The molecule has 0 atom stereocenters. The second-order valence-electron chi connectivity index (χ2n) is 4.87. The summed E-state index contributed by atoms with van der Waals surface area (Å²) in [4.78, 5) is 6.87. The summed E-state index contributed by atoms with van der Waals surface area (Å²) in [6.45, 7) is 1.65. The Kier molecular flexibility index (Phi) is 3.48. The van der Waals surface area contributed by atoms with Crippen molar-refractivity contribution in [3.05, 3.63) is 48.0 Å². The molecule has 3 rings (SSSR count). The van der Waals surface area contributed by atoms with Crippen LogP contribution in [0.15, 0.2) is 41.0 Å². The molecule has 0 spiro atoms. The maximum absolute atomic E-state index is 5.43. The van der Waals surface area contributed by atoms with E-state index in [-0.39, 0.29) is 0 Å². The smallest absolute Gasteiger partial charge is 0.140 e. The molecular formula is C14H18N4O. The number of hydrogen-bond donors (Lipinski definition) is 2.